The Balaban J connectivity index is 1.24. The van der Waals surface area contributed by atoms with Crippen molar-refractivity contribution in [2.75, 3.05) is 26.7 Å². The first kappa shape index (κ1) is 17.0. The smallest absolute Gasteiger partial charge is 0.274 e. The van der Waals surface area contributed by atoms with Crippen molar-refractivity contribution in [2.24, 2.45) is 0 Å². The molecule has 5 nitrogen and oxygen atoms in total. The normalized spacial score (nSPS) is 25.2. The zero-order valence-corrected chi connectivity index (χ0v) is 16.0. The van der Waals surface area contributed by atoms with Gasteiger partial charge in [0.05, 0.1) is 0 Å². The molecule has 2 aromatic rings. The zero-order chi connectivity index (χ0) is 18.4. The molecule has 2 saturated heterocycles. The Labute approximate surface area is 160 Å². The van der Waals surface area contributed by atoms with E-state index in [0.717, 1.165) is 38.2 Å². The predicted octanol–water partition coefficient (Wildman–Crippen LogP) is 3.38. The fraction of sp³-hybridized carbons (Fsp3) is 0.545. The number of rotatable bonds is 3. The highest BCUT2D eigenvalue weighted by molar-refractivity contribution is 5.92. The maximum Gasteiger partial charge on any atom is 0.274 e. The highest BCUT2D eigenvalue weighted by Crippen LogP contribution is 2.44. The van der Waals surface area contributed by atoms with Gasteiger partial charge in [0.15, 0.2) is 0 Å². The van der Waals surface area contributed by atoms with Crippen LogP contribution in [0.3, 0.4) is 0 Å². The summed E-state index contributed by atoms with van der Waals surface area (Å²) in [6.07, 6.45) is 5.74. The SMILES string of the molecule is CN1CC(c2ccccc2)CC12CCN(C(=O)c1cc(C3CC3)[nH]n1)CC2. The number of hydrogen-bond donors (Lipinski definition) is 1. The van der Waals surface area contributed by atoms with Crippen LogP contribution in [0.15, 0.2) is 36.4 Å². The topological polar surface area (TPSA) is 52.2 Å². The number of piperidine rings is 1. The monoisotopic (exact) mass is 364 g/mol. The van der Waals surface area contributed by atoms with E-state index >= 15 is 0 Å². The van der Waals surface area contributed by atoms with Crippen LogP contribution in [0.5, 0.6) is 0 Å². The minimum absolute atomic E-state index is 0.0910. The lowest BCUT2D eigenvalue weighted by Crippen LogP contribution is -2.52. The van der Waals surface area contributed by atoms with Crippen LogP contribution in [0.1, 0.15) is 65.7 Å². The Kier molecular flexibility index (Phi) is 4.08. The number of likely N-dealkylation sites (tertiary alicyclic amines) is 2. The van der Waals surface area contributed by atoms with Crippen LogP contribution in [0.25, 0.3) is 0 Å². The van der Waals surface area contributed by atoms with Crippen molar-refractivity contribution in [2.45, 2.75) is 49.5 Å². The summed E-state index contributed by atoms with van der Waals surface area (Å²) in [5.41, 5.74) is 3.41. The second kappa shape index (κ2) is 6.48. The van der Waals surface area contributed by atoms with Gasteiger partial charge in [-0.3, -0.25) is 14.8 Å². The molecular weight excluding hydrogens is 336 g/mol. The van der Waals surface area contributed by atoms with E-state index < -0.39 is 0 Å². The van der Waals surface area contributed by atoms with Crippen molar-refractivity contribution >= 4 is 5.91 Å². The number of carbonyl (C=O) groups is 1. The highest BCUT2D eigenvalue weighted by atomic mass is 16.2. The molecule has 1 aromatic heterocycles. The Morgan fingerprint density at radius 3 is 2.59 bits per heavy atom. The zero-order valence-electron chi connectivity index (χ0n) is 16.0. The Morgan fingerprint density at radius 2 is 1.89 bits per heavy atom. The average Bonchev–Trinajstić information content (AvgIpc) is 3.35. The summed E-state index contributed by atoms with van der Waals surface area (Å²) in [5, 5.41) is 7.34. The van der Waals surface area contributed by atoms with Gasteiger partial charge in [0.25, 0.3) is 5.91 Å². The van der Waals surface area contributed by atoms with Crippen molar-refractivity contribution in [3.8, 4) is 0 Å². The van der Waals surface area contributed by atoms with Crippen LogP contribution in [-0.2, 0) is 0 Å². The molecule has 1 N–H and O–H groups in total. The van der Waals surface area contributed by atoms with Gasteiger partial charge in [-0.1, -0.05) is 30.3 Å². The first-order valence-corrected chi connectivity index (χ1v) is 10.3. The number of aromatic amines is 1. The van der Waals surface area contributed by atoms with Crippen LogP contribution in [0.2, 0.25) is 0 Å². The van der Waals surface area contributed by atoms with Crippen molar-refractivity contribution in [3.05, 3.63) is 53.3 Å². The predicted molar refractivity (Wildman–Crippen MR) is 105 cm³/mol. The van der Waals surface area contributed by atoms with Gasteiger partial charge in [0, 0.05) is 36.8 Å². The molecule has 1 spiro atoms. The van der Waals surface area contributed by atoms with Crippen LogP contribution >= 0.6 is 0 Å². The fourth-order valence-corrected chi connectivity index (χ4v) is 5.08. The van der Waals surface area contributed by atoms with E-state index in [4.69, 9.17) is 0 Å². The number of carbonyl (C=O) groups excluding carboxylic acids is 1. The quantitative estimate of drug-likeness (QED) is 0.908. The maximum atomic E-state index is 12.9. The molecule has 1 saturated carbocycles. The lowest BCUT2D eigenvalue weighted by molar-refractivity contribution is 0.0487. The molecule has 27 heavy (non-hydrogen) atoms. The molecule has 1 unspecified atom stereocenters. The standard InChI is InChI=1S/C22H28N4O/c1-25-15-18(16-5-3-2-4-6-16)14-22(25)9-11-26(12-10-22)21(27)20-13-19(23-24-20)17-7-8-17/h2-6,13,17-18H,7-12,14-15H2,1H3,(H,23,24). The lowest BCUT2D eigenvalue weighted by Gasteiger charge is -2.43. The largest absolute Gasteiger partial charge is 0.337 e. The molecule has 0 bridgehead atoms. The molecular formula is C22H28N4O. The third-order valence-corrected chi connectivity index (χ3v) is 7.02. The number of amides is 1. The van der Waals surface area contributed by atoms with Gasteiger partial charge in [-0.15, -0.1) is 0 Å². The van der Waals surface area contributed by atoms with Crippen molar-refractivity contribution in [1.82, 2.24) is 20.0 Å². The first-order valence-electron chi connectivity index (χ1n) is 10.3. The van der Waals surface area contributed by atoms with Crippen LogP contribution in [-0.4, -0.2) is 58.1 Å². The third kappa shape index (κ3) is 3.08. The van der Waals surface area contributed by atoms with Crippen LogP contribution in [0, 0.1) is 0 Å². The van der Waals surface area contributed by atoms with Crippen LogP contribution in [0.4, 0.5) is 0 Å². The van der Waals surface area contributed by atoms with Gasteiger partial charge in [-0.25, -0.2) is 0 Å². The second-order valence-corrected chi connectivity index (χ2v) is 8.69. The Morgan fingerprint density at radius 1 is 1.15 bits per heavy atom. The molecule has 3 aliphatic rings. The summed E-state index contributed by atoms with van der Waals surface area (Å²) in [7, 11) is 2.26. The van der Waals surface area contributed by atoms with E-state index in [9.17, 15) is 4.79 Å². The van der Waals surface area contributed by atoms with Crippen LogP contribution < -0.4 is 0 Å². The number of nitrogens with one attached hydrogen (secondary N) is 1. The van der Waals surface area contributed by atoms with Crippen molar-refractivity contribution < 1.29 is 4.79 Å². The van der Waals surface area contributed by atoms with Gasteiger partial charge in [-0.05, 0) is 56.7 Å². The Bertz CT molecular complexity index is 818. The molecule has 142 valence electrons. The number of benzene rings is 1. The van der Waals surface area contributed by atoms with E-state index in [0.29, 0.717) is 17.5 Å². The molecule has 1 atom stereocenters. The summed E-state index contributed by atoms with van der Waals surface area (Å²) < 4.78 is 0. The average molecular weight is 364 g/mol. The molecule has 0 radical (unpaired) electrons. The molecule has 5 heteroatoms. The third-order valence-electron chi connectivity index (χ3n) is 7.02. The van der Waals surface area contributed by atoms with Gasteiger partial charge in [0.2, 0.25) is 0 Å². The fourth-order valence-electron chi connectivity index (χ4n) is 5.08. The minimum Gasteiger partial charge on any atom is -0.337 e. The van der Waals surface area contributed by atoms with E-state index in [1.807, 2.05) is 11.0 Å². The number of nitrogens with zero attached hydrogens (tertiary/aromatic N) is 3. The van der Waals surface area contributed by atoms with Crippen molar-refractivity contribution in [3.63, 3.8) is 0 Å². The second-order valence-electron chi connectivity index (χ2n) is 8.69. The highest BCUT2D eigenvalue weighted by Gasteiger charge is 2.46. The molecule has 1 aliphatic carbocycles. The maximum absolute atomic E-state index is 12.9. The number of hydrogen-bond acceptors (Lipinski definition) is 3. The van der Waals surface area contributed by atoms with Gasteiger partial charge < -0.3 is 4.90 Å². The number of H-pyrrole nitrogens is 1. The number of aromatic nitrogens is 2. The number of likely N-dealkylation sites (N-methyl/N-ethyl adjacent to an activating group) is 1. The van der Waals surface area contributed by atoms with E-state index in [1.165, 1.54) is 24.8 Å². The summed E-state index contributed by atoms with van der Waals surface area (Å²) in [4.78, 5) is 17.4. The molecule has 3 fully saturated rings. The molecule has 3 heterocycles. The lowest BCUT2D eigenvalue weighted by atomic mass is 9.81. The van der Waals surface area contributed by atoms with E-state index in [2.05, 4.69) is 52.5 Å². The van der Waals surface area contributed by atoms with Gasteiger partial charge in [0.1, 0.15) is 5.69 Å². The van der Waals surface area contributed by atoms with Gasteiger partial charge >= 0.3 is 0 Å². The summed E-state index contributed by atoms with van der Waals surface area (Å²) in [5.74, 6) is 1.30. The summed E-state index contributed by atoms with van der Waals surface area (Å²) in [6, 6.07) is 12.8. The van der Waals surface area contributed by atoms with Gasteiger partial charge in [-0.2, -0.15) is 5.10 Å². The summed E-state index contributed by atoms with van der Waals surface area (Å²) >= 11 is 0. The Hall–Kier alpha value is -2.14. The first-order chi connectivity index (χ1) is 13.1. The molecule has 1 amide bonds. The minimum atomic E-state index is 0.0910. The van der Waals surface area contributed by atoms with E-state index in [1.54, 1.807) is 0 Å². The molecule has 1 aromatic carbocycles. The van der Waals surface area contributed by atoms with E-state index in [-0.39, 0.29) is 11.4 Å². The summed E-state index contributed by atoms with van der Waals surface area (Å²) in [6.45, 7) is 2.77. The molecule has 5 rings (SSSR count). The molecule has 2 aliphatic heterocycles. The van der Waals surface area contributed by atoms with Crippen molar-refractivity contribution in [1.29, 1.82) is 0 Å².